The fraction of sp³-hybridized carbons (Fsp3) is 0.154. The summed E-state index contributed by atoms with van der Waals surface area (Å²) in [6.45, 7) is 3.31. The minimum Gasteiger partial charge on any atom is -0.423 e. The highest BCUT2D eigenvalue weighted by molar-refractivity contribution is 5.93. The van der Waals surface area contributed by atoms with E-state index >= 15 is 0 Å². The van der Waals surface area contributed by atoms with Crippen molar-refractivity contribution in [3.05, 3.63) is 46.8 Å². The number of hydrogen-bond donors (Lipinski definition) is 0. The lowest BCUT2D eigenvalue weighted by Gasteiger charge is -2.03. The zero-order chi connectivity index (χ0) is 13.1. The van der Waals surface area contributed by atoms with Crippen molar-refractivity contribution in [2.45, 2.75) is 13.8 Å². The number of aromatic nitrogens is 1. The molecule has 0 aliphatic heterocycles. The maximum absolute atomic E-state index is 11.9. The largest absolute Gasteiger partial charge is 0.423 e. The van der Waals surface area contributed by atoms with E-state index in [4.69, 9.17) is 14.5 Å². The number of rotatable bonds is 2. The predicted molar refractivity (Wildman–Crippen MR) is 62.1 cm³/mol. The van der Waals surface area contributed by atoms with Crippen LogP contribution in [0.3, 0.4) is 0 Å². The number of carbonyl (C=O) groups excluding carboxylic acids is 1. The van der Waals surface area contributed by atoms with Gasteiger partial charge in [-0.25, -0.2) is 4.79 Å². The lowest BCUT2D eigenvalue weighted by molar-refractivity contribution is 0.0732. The third-order valence-electron chi connectivity index (χ3n) is 2.41. The highest BCUT2D eigenvalue weighted by Gasteiger charge is 2.19. The van der Waals surface area contributed by atoms with Crippen LogP contribution in [0.1, 0.15) is 27.4 Å². The average molecular weight is 242 g/mol. The number of hydrogen-bond acceptors (Lipinski definition) is 5. The molecule has 0 spiro atoms. The average Bonchev–Trinajstić information content (AvgIpc) is 2.69. The SMILES string of the molecule is Cc1noc(C)c1C(=O)Oc1cccc(C#N)c1. The molecule has 5 nitrogen and oxygen atoms in total. The molecule has 0 atom stereocenters. The molecule has 1 aromatic carbocycles. The zero-order valence-electron chi connectivity index (χ0n) is 9.93. The molecule has 1 heterocycles. The van der Waals surface area contributed by atoms with Gasteiger partial charge in [-0.05, 0) is 32.0 Å². The number of ether oxygens (including phenoxy) is 1. The van der Waals surface area contributed by atoms with E-state index in [1.807, 2.05) is 6.07 Å². The van der Waals surface area contributed by atoms with E-state index in [0.29, 0.717) is 28.3 Å². The third-order valence-corrected chi connectivity index (χ3v) is 2.41. The Balaban J connectivity index is 2.25. The van der Waals surface area contributed by atoms with Crippen molar-refractivity contribution >= 4 is 5.97 Å². The lowest BCUT2D eigenvalue weighted by atomic mass is 10.2. The third kappa shape index (κ3) is 2.23. The summed E-state index contributed by atoms with van der Waals surface area (Å²) < 4.78 is 10.1. The van der Waals surface area contributed by atoms with Gasteiger partial charge in [0, 0.05) is 0 Å². The Hall–Kier alpha value is -2.61. The summed E-state index contributed by atoms with van der Waals surface area (Å²) >= 11 is 0. The molecule has 2 aromatic rings. The van der Waals surface area contributed by atoms with Crippen molar-refractivity contribution in [2.75, 3.05) is 0 Å². The summed E-state index contributed by atoms with van der Waals surface area (Å²) in [5.74, 6) is 0.189. The zero-order valence-corrected chi connectivity index (χ0v) is 9.93. The van der Waals surface area contributed by atoms with E-state index in [1.165, 1.54) is 6.07 Å². The second-order valence-corrected chi connectivity index (χ2v) is 3.73. The minimum absolute atomic E-state index is 0.317. The van der Waals surface area contributed by atoms with Crippen LogP contribution in [0.25, 0.3) is 0 Å². The van der Waals surface area contributed by atoms with E-state index in [2.05, 4.69) is 5.16 Å². The summed E-state index contributed by atoms with van der Waals surface area (Å²) in [7, 11) is 0. The Morgan fingerprint density at radius 1 is 1.44 bits per heavy atom. The van der Waals surface area contributed by atoms with Crippen molar-refractivity contribution < 1.29 is 14.1 Å². The van der Waals surface area contributed by atoms with Gasteiger partial charge < -0.3 is 9.26 Å². The maximum Gasteiger partial charge on any atom is 0.349 e. The van der Waals surface area contributed by atoms with Crippen LogP contribution in [0, 0.1) is 25.2 Å². The molecular weight excluding hydrogens is 232 g/mol. The van der Waals surface area contributed by atoms with Gasteiger partial charge in [0.25, 0.3) is 0 Å². The maximum atomic E-state index is 11.9. The van der Waals surface area contributed by atoms with E-state index in [0.717, 1.165) is 0 Å². The Kier molecular flexibility index (Phi) is 3.11. The molecule has 0 N–H and O–H groups in total. The summed E-state index contributed by atoms with van der Waals surface area (Å²) in [4.78, 5) is 11.9. The van der Waals surface area contributed by atoms with E-state index in [9.17, 15) is 4.79 Å². The first-order valence-electron chi connectivity index (χ1n) is 5.27. The summed E-state index contributed by atoms with van der Waals surface area (Å²) in [6, 6.07) is 8.36. The van der Waals surface area contributed by atoms with Crippen LogP contribution in [0.15, 0.2) is 28.8 Å². The van der Waals surface area contributed by atoms with Crippen LogP contribution >= 0.6 is 0 Å². The number of nitrogens with zero attached hydrogens (tertiary/aromatic N) is 2. The molecule has 2 rings (SSSR count). The molecule has 90 valence electrons. The second-order valence-electron chi connectivity index (χ2n) is 3.73. The highest BCUT2D eigenvalue weighted by Crippen LogP contribution is 2.18. The number of benzene rings is 1. The van der Waals surface area contributed by atoms with E-state index in [1.54, 1.807) is 32.0 Å². The molecule has 0 saturated carbocycles. The Morgan fingerprint density at radius 2 is 2.22 bits per heavy atom. The first kappa shape index (κ1) is 11.9. The van der Waals surface area contributed by atoms with Crippen molar-refractivity contribution in [3.8, 4) is 11.8 Å². The van der Waals surface area contributed by atoms with Crippen LogP contribution in [0.5, 0.6) is 5.75 Å². The summed E-state index contributed by atoms with van der Waals surface area (Å²) in [5, 5.41) is 12.4. The van der Waals surface area contributed by atoms with Gasteiger partial charge >= 0.3 is 5.97 Å². The topological polar surface area (TPSA) is 76.1 Å². The van der Waals surface area contributed by atoms with Crippen molar-refractivity contribution in [2.24, 2.45) is 0 Å². The van der Waals surface area contributed by atoms with Crippen LogP contribution in [0.4, 0.5) is 0 Å². The monoisotopic (exact) mass is 242 g/mol. The van der Waals surface area contributed by atoms with Gasteiger partial charge in [-0.2, -0.15) is 5.26 Å². The first-order valence-corrected chi connectivity index (χ1v) is 5.27. The fourth-order valence-corrected chi connectivity index (χ4v) is 1.56. The van der Waals surface area contributed by atoms with Gasteiger partial charge in [0.05, 0.1) is 17.3 Å². The van der Waals surface area contributed by atoms with Crippen LogP contribution < -0.4 is 4.74 Å². The molecule has 0 bridgehead atoms. The fourth-order valence-electron chi connectivity index (χ4n) is 1.56. The molecule has 0 aliphatic carbocycles. The number of aryl methyl sites for hydroxylation is 2. The lowest BCUT2D eigenvalue weighted by Crippen LogP contribution is -2.10. The van der Waals surface area contributed by atoms with Gasteiger partial charge in [0.2, 0.25) is 0 Å². The Labute approximate surface area is 104 Å². The Bertz CT molecular complexity index is 618. The Morgan fingerprint density at radius 3 is 2.83 bits per heavy atom. The molecule has 0 amide bonds. The minimum atomic E-state index is -0.540. The first-order chi connectivity index (χ1) is 8.61. The van der Waals surface area contributed by atoms with E-state index < -0.39 is 5.97 Å². The van der Waals surface area contributed by atoms with Gasteiger partial charge in [0.15, 0.2) is 0 Å². The van der Waals surface area contributed by atoms with Crippen LogP contribution in [-0.2, 0) is 0 Å². The van der Waals surface area contributed by atoms with Crippen molar-refractivity contribution in [1.82, 2.24) is 5.16 Å². The van der Waals surface area contributed by atoms with Crippen molar-refractivity contribution in [1.29, 1.82) is 5.26 Å². The molecular formula is C13H10N2O3. The van der Waals surface area contributed by atoms with E-state index in [-0.39, 0.29) is 0 Å². The molecule has 0 saturated heterocycles. The molecule has 0 aliphatic rings. The molecule has 0 radical (unpaired) electrons. The number of nitriles is 1. The molecule has 5 heteroatoms. The standard InChI is InChI=1S/C13H10N2O3/c1-8-12(9(2)18-15-8)13(16)17-11-5-3-4-10(6-11)7-14/h3-6H,1-2H3. The second kappa shape index (κ2) is 4.72. The summed E-state index contributed by atoms with van der Waals surface area (Å²) in [5.41, 5.74) is 1.23. The molecule has 0 fully saturated rings. The van der Waals surface area contributed by atoms with Gasteiger partial charge in [-0.15, -0.1) is 0 Å². The smallest absolute Gasteiger partial charge is 0.349 e. The molecule has 18 heavy (non-hydrogen) atoms. The molecule has 1 aromatic heterocycles. The quantitative estimate of drug-likeness (QED) is 0.597. The highest BCUT2D eigenvalue weighted by atomic mass is 16.5. The van der Waals surface area contributed by atoms with Crippen LogP contribution in [0.2, 0.25) is 0 Å². The predicted octanol–water partition coefficient (Wildman–Crippen LogP) is 2.38. The number of esters is 1. The molecule has 0 unspecified atom stereocenters. The van der Waals surface area contributed by atoms with Gasteiger partial charge in [0.1, 0.15) is 17.1 Å². The van der Waals surface area contributed by atoms with Gasteiger partial charge in [-0.3, -0.25) is 0 Å². The van der Waals surface area contributed by atoms with Crippen LogP contribution in [-0.4, -0.2) is 11.1 Å². The number of carbonyl (C=O) groups is 1. The van der Waals surface area contributed by atoms with Gasteiger partial charge in [-0.1, -0.05) is 11.2 Å². The summed E-state index contributed by atoms with van der Waals surface area (Å²) in [6.07, 6.45) is 0. The van der Waals surface area contributed by atoms with Crippen molar-refractivity contribution in [3.63, 3.8) is 0 Å². The normalized spacial score (nSPS) is 9.83.